The van der Waals surface area contributed by atoms with Crippen LogP contribution >= 0.6 is 39.9 Å². The van der Waals surface area contributed by atoms with Crippen molar-refractivity contribution in [3.63, 3.8) is 0 Å². The second-order valence-corrected chi connectivity index (χ2v) is 8.10. The van der Waals surface area contributed by atoms with Crippen molar-refractivity contribution in [2.24, 2.45) is 4.99 Å². The van der Waals surface area contributed by atoms with Crippen molar-refractivity contribution < 1.29 is 4.74 Å². The van der Waals surface area contributed by atoms with Gasteiger partial charge in [-0.3, -0.25) is 9.89 Å². The van der Waals surface area contributed by atoms with Crippen LogP contribution in [0.5, 0.6) is 0 Å². The number of anilines is 1. The fourth-order valence-electron chi connectivity index (χ4n) is 3.68. The molecule has 1 aromatic carbocycles. The molecule has 0 spiro atoms. The molecule has 2 aliphatic heterocycles. The maximum absolute atomic E-state index is 5.45. The molecule has 0 radical (unpaired) electrons. The molecular formula is C20H33BrIN5O. The van der Waals surface area contributed by atoms with Gasteiger partial charge in [-0.2, -0.15) is 0 Å². The first-order chi connectivity index (χ1) is 13.2. The normalized spacial score (nSPS) is 21.9. The van der Waals surface area contributed by atoms with E-state index < -0.39 is 0 Å². The molecule has 2 unspecified atom stereocenters. The van der Waals surface area contributed by atoms with Crippen molar-refractivity contribution in [1.29, 1.82) is 0 Å². The largest absolute Gasteiger partial charge is 0.379 e. The zero-order valence-corrected chi connectivity index (χ0v) is 20.8. The first-order valence-electron chi connectivity index (χ1n) is 10.0. The van der Waals surface area contributed by atoms with Crippen molar-refractivity contribution in [2.45, 2.75) is 32.4 Å². The Bertz CT molecular complexity index is 626. The summed E-state index contributed by atoms with van der Waals surface area (Å²) in [7, 11) is 0. The van der Waals surface area contributed by atoms with Gasteiger partial charge in [-0.25, -0.2) is 0 Å². The van der Waals surface area contributed by atoms with Gasteiger partial charge < -0.3 is 20.3 Å². The molecule has 2 saturated heterocycles. The van der Waals surface area contributed by atoms with Crippen LogP contribution in [0.1, 0.15) is 20.3 Å². The van der Waals surface area contributed by atoms with Crippen molar-refractivity contribution in [3.8, 4) is 0 Å². The number of hydrogen-bond acceptors (Lipinski definition) is 4. The fourth-order valence-corrected chi connectivity index (χ4v) is 4.21. The maximum Gasteiger partial charge on any atom is 0.191 e. The molecule has 2 atom stereocenters. The zero-order chi connectivity index (χ0) is 19.1. The summed E-state index contributed by atoms with van der Waals surface area (Å²) in [6, 6.07) is 9.28. The number of ether oxygens (including phenoxy) is 1. The van der Waals surface area contributed by atoms with Gasteiger partial charge in [-0.15, -0.1) is 24.0 Å². The van der Waals surface area contributed by atoms with Crippen molar-refractivity contribution in [2.75, 3.05) is 57.4 Å². The molecular weight excluding hydrogens is 533 g/mol. The Labute approximate surface area is 194 Å². The highest BCUT2D eigenvalue weighted by molar-refractivity contribution is 14.0. The number of morpholine rings is 1. The van der Waals surface area contributed by atoms with E-state index in [2.05, 4.69) is 74.5 Å². The van der Waals surface area contributed by atoms with Gasteiger partial charge in [0.1, 0.15) is 0 Å². The minimum atomic E-state index is 0. The highest BCUT2D eigenvalue weighted by Gasteiger charge is 2.24. The van der Waals surface area contributed by atoms with Crippen molar-refractivity contribution >= 4 is 51.6 Å². The van der Waals surface area contributed by atoms with E-state index in [1.54, 1.807) is 0 Å². The third-order valence-corrected chi connectivity index (χ3v) is 5.92. The number of para-hydroxylation sites is 1. The average molecular weight is 566 g/mol. The van der Waals surface area contributed by atoms with Crippen molar-refractivity contribution in [3.05, 3.63) is 28.7 Å². The number of nitrogens with one attached hydrogen (secondary N) is 2. The summed E-state index contributed by atoms with van der Waals surface area (Å²) >= 11 is 3.67. The molecule has 2 heterocycles. The molecule has 1 aromatic rings. The van der Waals surface area contributed by atoms with Crippen LogP contribution in [-0.4, -0.2) is 75.4 Å². The first-order valence-corrected chi connectivity index (χ1v) is 10.8. The Kier molecular flexibility index (Phi) is 10.3. The topological polar surface area (TPSA) is 52.1 Å². The van der Waals surface area contributed by atoms with Crippen molar-refractivity contribution in [1.82, 2.24) is 15.5 Å². The summed E-state index contributed by atoms with van der Waals surface area (Å²) in [6.45, 7) is 11.8. The van der Waals surface area contributed by atoms with Crippen LogP contribution in [0.3, 0.4) is 0 Å². The fraction of sp³-hybridized carbons (Fsp3) is 0.650. The van der Waals surface area contributed by atoms with Crippen LogP contribution < -0.4 is 15.5 Å². The third-order valence-electron chi connectivity index (χ3n) is 5.25. The lowest BCUT2D eigenvalue weighted by molar-refractivity contribution is 0.0220. The molecule has 3 rings (SSSR count). The Morgan fingerprint density at radius 3 is 2.75 bits per heavy atom. The zero-order valence-electron chi connectivity index (χ0n) is 16.9. The molecule has 0 amide bonds. The molecule has 2 fully saturated rings. The quantitative estimate of drug-likeness (QED) is 0.316. The van der Waals surface area contributed by atoms with Crippen LogP contribution in [0.4, 0.5) is 5.69 Å². The van der Waals surface area contributed by atoms with E-state index in [0.29, 0.717) is 12.1 Å². The minimum Gasteiger partial charge on any atom is -0.379 e. The van der Waals surface area contributed by atoms with Crippen LogP contribution in [0.15, 0.2) is 33.7 Å². The molecule has 0 saturated carbocycles. The Morgan fingerprint density at radius 1 is 1.29 bits per heavy atom. The second kappa shape index (κ2) is 12.2. The maximum atomic E-state index is 5.45. The van der Waals surface area contributed by atoms with Crippen LogP contribution in [0, 0.1) is 0 Å². The number of guanidine groups is 1. The average Bonchev–Trinajstić information content (AvgIpc) is 3.15. The highest BCUT2D eigenvalue weighted by atomic mass is 127. The van der Waals surface area contributed by atoms with E-state index in [4.69, 9.17) is 9.73 Å². The Morgan fingerprint density at radius 2 is 2.04 bits per heavy atom. The lowest BCUT2D eigenvalue weighted by atomic mass is 10.2. The van der Waals surface area contributed by atoms with Crippen LogP contribution in [0.25, 0.3) is 0 Å². The second-order valence-electron chi connectivity index (χ2n) is 7.24. The molecule has 158 valence electrons. The number of benzene rings is 1. The third kappa shape index (κ3) is 6.74. The number of halogens is 2. The molecule has 0 aromatic heterocycles. The molecule has 8 heteroatoms. The molecule has 2 N–H and O–H groups in total. The predicted molar refractivity (Wildman–Crippen MR) is 131 cm³/mol. The number of aliphatic imine (C=N–C) groups is 1. The van der Waals surface area contributed by atoms with Gasteiger partial charge in [-0.1, -0.05) is 12.1 Å². The summed E-state index contributed by atoms with van der Waals surface area (Å²) in [4.78, 5) is 9.74. The molecule has 28 heavy (non-hydrogen) atoms. The first kappa shape index (κ1) is 23.7. The van der Waals surface area contributed by atoms with Gasteiger partial charge >= 0.3 is 0 Å². The van der Waals surface area contributed by atoms with Gasteiger partial charge in [0.2, 0.25) is 0 Å². The smallest absolute Gasteiger partial charge is 0.191 e. The van der Waals surface area contributed by atoms with E-state index in [9.17, 15) is 0 Å². The predicted octanol–water partition coefficient (Wildman–Crippen LogP) is 2.92. The van der Waals surface area contributed by atoms with Gasteiger partial charge in [0.15, 0.2) is 5.96 Å². The lowest BCUT2D eigenvalue weighted by Gasteiger charge is -2.31. The Balaban J connectivity index is 0.00000280. The molecule has 0 aliphatic carbocycles. The number of rotatable bonds is 6. The molecule has 2 aliphatic rings. The summed E-state index contributed by atoms with van der Waals surface area (Å²) in [5.74, 6) is 0.927. The van der Waals surface area contributed by atoms with E-state index in [1.165, 1.54) is 5.69 Å². The lowest BCUT2D eigenvalue weighted by Crippen LogP contribution is -2.46. The van der Waals surface area contributed by atoms with Crippen LogP contribution in [-0.2, 0) is 4.74 Å². The summed E-state index contributed by atoms with van der Waals surface area (Å²) in [5, 5.41) is 7.03. The summed E-state index contributed by atoms with van der Waals surface area (Å²) in [5.41, 5.74) is 1.27. The summed E-state index contributed by atoms with van der Waals surface area (Å²) < 4.78 is 6.61. The van der Waals surface area contributed by atoms with E-state index in [-0.39, 0.29) is 24.0 Å². The van der Waals surface area contributed by atoms with E-state index >= 15 is 0 Å². The standard InChI is InChI=1S/C20H32BrN5O.HI/c1-3-22-20(23-14-16(2)25-10-12-27-13-11-25)24-17-8-9-26(15-17)19-7-5-4-6-18(19)21;/h4-7,16-17H,3,8-15H2,1-2H3,(H2,22,23,24);1H. The number of nitrogens with zero attached hydrogens (tertiary/aromatic N) is 3. The summed E-state index contributed by atoms with van der Waals surface area (Å²) in [6.07, 6.45) is 1.12. The van der Waals surface area contributed by atoms with Crippen LogP contribution in [0.2, 0.25) is 0 Å². The van der Waals surface area contributed by atoms with Gasteiger partial charge in [-0.05, 0) is 48.3 Å². The SMILES string of the molecule is CCNC(=NCC(C)N1CCOCC1)NC1CCN(c2ccccc2Br)C1.I. The minimum absolute atomic E-state index is 0. The number of hydrogen-bond donors (Lipinski definition) is 2. The molecule has 0 bridgehead atoms. The highest BCUT2D eigenvalue weighted by Crippen LogP contribution is 2.28. The van der Waals surface area contributed by atoms with Gasteiger partial charge in [0.25, 0.3) is 0 Å². The van der Waals surface area contributed by atoms with E-state index in [0.717, 1.165) is 69.3 Å². The Hall–Kier alpha value is -0.580. The molecule has 6 nitrogen and oxygen atoms in total. The van der Waals surface area contributed by atoms with E-state index in [1.807, 2.05) is 0 Å². The van der Waals surface area contributed by atoms with Gasteiger partial charge in [0, 0.05) is 49.3 Å². The van der Waals surface area contributed by atoms with Gasteiger partial charge in [0.05, 0.1) is 25.4 Å². The monoisotopic (exact) mass is 565 g/mol.